The van der Waals surface area contributed by atoms with Gasteiger partial charge in [-0.05, 0) is 48.4 Å². The minimum absolute atomic E-state index is 0.321. The Hall–Kier alpha value is -4.93. The lowest BCUT2D eigenvalue weighted by molar-refractivity contribution is 0.295. The molecule has 1 N–H and O–H groups in total. The Balaban J connectivity index is 1.64. The van der Waals surface area contributed by atoms with Crippen LogP contribution >= 0.6 is 7.82 Å². The highest BCUT2D eigenvalue weighted by molar-refractivity contribution is 7.48. The van der Waals surface area contributed by atoms with Crippen molar-refractivity contribution in [3.8, 4) is 22.6 Å². The van der Waals surface area contributed by atoms with Crippen molar-refractivity contribution >= 4 is 58.2 Å². The fourth-order valence-corrected chi connectivity index (χ4v) is 12.7. The molecule has 44 heavy (non-hydrogen) atoms. The van der Waals surface area contributed by atoms with Gasteiger partial charge in [0.05, 0.1) is 0 Å². The van der Waals surface area contributed by atoms with Crippen molar-refractivity contribution in [2.75, 3.05) is 0 Å². The topological polar surface area (TPSA) is 55.8 Å². The first-order chi connectivity index (χ1) is 21.6. The molecule has 6 heteroatoms. The molecule has 0 radical (unpaired) electrons. The van der Waals surface area contributed by atoms with Crippen LogP contribution in [0.2, 0.25) is 0 Å². The van der Waals surface area contributed by atoms with E-state index in [2.05, 4.69) is 91.0 Å². The second-order valence-electron chi connectivity index (χ2n) is 11.0. The number of fused-ring (bicyclic) bond motifs is 7. The van der Waals surface area contributed by atoms with Gasteiger partial charge in [0.2, 0.25) is 0 Å². The van der Waals surface area contributed by atoms with E-state index >= 15 is 0 Å². The molecule has 1 aliphatic rings. The van der Waals surface area contributed by atoms with Gasteiger partial charge >= 0.3 is 7.82 Å². The number of phosphoric ester groups is 1. The minimum atomic E-state index is -4.60. The van der Waals surface area contributed by atoms with Crippen molar-refractivity contribution in [3.63, 3.8) is 0 Å². The van der Waals surface area contributed by atoms with Crippen LogP contribution < -0.4 is 29.8 Å². The first kappa shape index (κ1) is 26.7. The first-order valence-electron chi connectivity index (χ1n) is 14.5. The molecule has 4 nitrogen and oxygen atoms in total. The maximum Gasteiger partial charge on any atom is 0.584 e. The highest BCUT2D eigenvalue weighted by atomic mass is 31.2. The summed E-state index contributed by atoms with van der Waals surface area (Å²) < 4.78 is 26.0. The molecule has 1 aliphatic heterocycles. The molecule has 0 saturated heterocycles. The van der Waals surface area contributed by atoms with Crippen molar-refractivity contribution < 1.29 is 18.5 Å². The van der Waals surface area contributed by atoms with Gasteiger partial charge in [0.1, 0.15) is 11.5 Å². The Bertz CT molecular complexity index is 2120. The average molecular weight is 607 g/mol. The Morgan fingerprint density at radius 1 is 0.500 bits per heavy atom. The zero-order valence-corrected chi connectivity index (χ0v) is 25.5. The molecule has 7 aromatic rings. The summed E-state index contributed by atoms with van der Waals surface area (Å²) in [6.07, 6.45) is 0. The van der Waals surface area contributed by atoms with Crippen LogP contribution in [0.4, 0.5) is 0 Å². The van der Waals surface area contributed by atoms with Crippen LogP contribution in [0.25, 0.3) is 32.7 Å². The maximum absolute atomic E-state index is 13.9. The number of hydrogen-bond donors (Lipinski definition) is 1. The van der Waals surface area contributed by atoms with Gasteiger partial charge in [0, 0.05) is 11.1 Å². The second kappa shape index (κ2) is 10.4. The number of phosphoric acid groups is 1. The van der Waals surface area contributed by atoms with Gasteiger partial charge in [0.15, 0.2) is 8.07 Å². The summed E-state index contributed by atoms with van der Waals surface area (Å²) in [4.78, 5) is 11.3. The zero-order chi connectivity index (χ0) is 29.7. The highest BCUT2D eigenvalue weighted by Crippen LogP contribution is 2.56. The quantitative estimate of drug-likeness (QED) is 0.134. The molecule has 0 saturated carbocycles. The Morgan fingerprint density at radius 2 is 0.977 bits per heavy atom. The summed E-state index contributed by atoms with van der Waals surface area (Å²) in [6.45, 7) is 0. The van der Waals surface area contributed by atoms with Crippen LogP contribution in [0.5, 0.6) is 11.5 Å². The van der Waals surface area contributed by atoms with E-state index in [-0.39, 0.29) is 0 Å². The van der Waals surface area contributed by atoms with Crippen LogP contribution in [0, 0.1) is 0 Å². The van der Waals surface area contributed by atoms with Crippen molar-refractivity contribution in [1.29, 1.82) is 0 Å². The smallest absolute Gasteiger partial charge is 0.395 e. The predicted molar refractivity (Wildman–Crippen MR) is 182 cm³/mol. The van der Waals surface area contributed by atoms with Crippen molar-refractivity contribution in [2.24, 2.45) is 0 Å². The summed E-state index contributed by atoms with van der Waals surface area (Å²) in [5.41, 5.74) is 1.51. The van der Waals surface area contributed by atoms with Crippen molar-refractivity contribution in [3.05, 3.63) is 158 Å². The Labute approximate surface area is 256 Å². The van der Waals surface area contributed by atoms with Crippen LogP contribution in [0.1, 0.15) is 0 Å². The van der Waals surface area contributed by atoms with Gasteiger partial charge in [-0.25, -0.2) is 4.57 Å². The van der Waals surface area contributed by atoms with Crippen LogP contribution in [0.3, 0.4) is 0 Å². The molecule has 0 aliphatic carbocycles. The molecule has 1 unspecified atom stereocenters. The van der Waals surface area contributed by atoms with E-state index in [9.17, 15) is 9.46 Å². The fourth-order valence-electron chi connectivity index (χ4n) is 6.82. The molecule has 0 spiro atoms. The van der Waals surface area contributed by atoms with Crippen LogP contribution in [-0.4, -0.2) is 13.0 Å². The maximum atomic E-state index is 13.9. The van der Waals surface area contributed by atoms with E-state index in [0.29, 0.717) is 11.5 Å². The molecule has 0 aromatic heterocycles. The molecule has 0 amide bonds. The third-order valence-electron chi connectivity index (χ3n) is 8.59. The molecular weight excluding hydrogens is 579 g/mol. The van der Waals surface area contributed by atoms with E-state index in [1.165, 1.54) is 0 Å². The molecule has 7 aromatic carbocycles. The Kier molecular flexibility index (Phi) is 6.28. The average Bonchev–Trinajstić information content (AvgIpc) is 3.19. The van der Waals surface area contributed by atoms with Crippen LogP contribution in [-0.2, 0) is 4.57 Å². The lowest BCUT2D eigenvalue weighted by Gasteiger charge is -2.36. The molecule has 8 rings (SSSR count). The minimum Gasteiger partial charge on any atom is -0.395 e. The lowest BCUT2D eigenvalue weighted by Crippen LogP contribution is -2.74. The molecule has 1 heterocycles. The summed E-state index contributed by atoms with van der Waals surface area (Å²) in [5, 5.41) is 8.14. The first-order valence-corrected chi connectivity index (χ1v) is 18.0. The van der Waals surface area contributed by atoms with Crippen LogP contribution in [0.15, 0.2) is 158 Å². The normalized spacial score (nSPS) is 15.9. The number of hydrogen-bond acceptors (Lipinski definition) is 3. The molecule has 1 atom stereocenters. The number of rotatable bonds is 4. The van der Waals surface area contributed by atoms with Gasteiger partial charge in [-0.2, -0.15) is 0 Å². The fraction of sp³-hybridized carbons (Fsp3) is 0. The van der Waals surface area contributed by atoms with E-state index in [1.807, 2.05) is 60.7 Å². The summed E-state index contributed by atoms with van der Waals surface area (Å²) in [7, 11) is -7.78. The van der Waals surface area contributed by atoms with Gasteiger partial charge in [-0.1, -0.05) is 152 Å². The summed E-state index contributed by atoms with van der Waals surface area (Å²) in [5.74, 6) is 0.704. The number of benzene rings is 7. The van der Waals surface area contributed by atoms with E-state index in [1.54, 1.807) is 6.07 Å². The zero-order valence-electron chi connectivity index (χ0n) is 23.6. The monoisotopic (exact) mass is 606 g/mol. The third kappa shape index (κ3) is 4.13. The summed E-state index contributed by atoms with van der Waals surface area (Å²) in [6, 6.07) is 53.6. The van der Waals surface area contributed by atoms with Crippen molar-refractivity contribution in [2.45, 2.75) is 0 Å². The second-order valence-corrected chi connectivity index (χ2v) is 16.1. The molecular formula is C38H27O4PSi. The molecule has 212 valence electrons. The van der Waals surface area contributed by atoms with Gasteiger partial charge < -0.3 is 9.05 Å². The van der Waals surface area contributed by atoms with E-state index in [0.717, 1.165) is 53.4 Å². The Morgan fingerprint density at radius 3 is 1.55 bits per heavy atom. The largest absolute Gasteiger partial charge is 0.584 e. The van der Waals surface area contributed by atoms with Gasteiger partial charge in [0.25, 0.3) is 0 Å². The third-order valence-corrected chi connectivity index (χ3v) is 14.2. The predicted octanol–water partition coefficient (Wildman–Crippen LogP) is 6.91. The SMILES string of the molecule is O=P1(O)Oc2ccc3ccccc3c2-c2c(c([Si](c3ccccc3)(c3ccccc3)c3ccccc3)cc3ccccc23)O1. The standard InChI is InChI=1S/C38H27O4PSi/c39-43(40)41-34-25-24-27-14-10-12-22-32(27)36(34)37-33-23-13-11-15-28(33)26-35(38(37)42-43)44(29-16-4-1-5-17-29,30-18-6-2-7-19-30)31-20-8-3-9-21-31/h1-26H,(H,39,40). The molecule has 0 bridgehead atoms. The van der Waals surface area contributed by atoms with Crippen molar-refractivity contribution in [1.82, 2.24) is 0 Å². The summed E-state index contributed by atoms with van der Waals surface area (Å²) >= 11 is 0. The lowest BCUT2D eigenvalue weighted by atomic mass is 9.92. The van der Waals surface area contributed by atoms with Gasteiger partial charge in [-0.15, -0.1) is 0 Å². The van der Waals surface area contributed by atoms with E-state index < -0.39 is 15.9 Å². The highest BCUT2D eigenvalue weighted by Gasteiger charge is 2.47. The molecule has 0 fully saturated rings. The van der Waals surface area contributed by atoms with Gasteiger partial charge in [-0.3, -0.25) is 4.89 Å². The van der Waals surface area contributed by atoms with E-state index in [4.69, 9.17) is 9.05 Å².